The molecule has 1 unspecified atom stereocenters. The van der Waals surface area contributed by atoms with Crippen LogP contribution in [-0.4, -0.2) is 49.6 Å². The van der Waals surface area contributed by atoms with Crippen LogP contribution in [0.1, 0.15) is 24.0 Å². The van der Waals surface area contributed by atoms with Crippen molar-refractivity contribution in [3.8, 4) is 11.5 Å². The number of carbonyl (C=O) groups is 1. The Morgan fingerprint density at radius 1 is 1.28 bits per heavy atom. The first-order valence-corrected chi connectivity index (χ1v) is 8.40. The van der Waals surface area contributed by atoms with Gasteiger partial charge in [0.15, 0.2) is 23.0 Å². The molecule has 25 heavy (non-hydrogen) atoms. The van der Waals surface area contributed by atoms with Gasteiger partial charge < -0.3 is 19.5 Å². The molecule has 6 heteroatoms. The van der Waals surface area contributed by atoms with Gasteiger partial charge in [0, 0.05) is 29.4 Å². The molecule has 2 aliphatic carbocycles. The Balaban J connectivity index is 0.00000182. The molecule has 1 aromatic rings. The van der Waals surface area contributed by atoms with E-state index in [0.717, 1.165) is 30.5 Å². The van der Waals surface area contributed by atoms with Crippen LogP contribution < -0.4 is 4.74 Å². The minimum absolute atomic E-state index is 0. The average Bonchev–Trinajstić information content (AvgIpc) is 2.57. The van der Waals surface area contributed by atoms with E-state index in [1.165, 1.54) is 0 Å². The molecule has 136 valence electrons. The number of benzene rings is 1. The summed E-state index contributed by atoms with van der Waals surface area (Å²) in [6.07, 6.45) is 4.08. The van der Waals surface area contributed by atoms with Gasteiger partial charge in [0.25, 0.3) is 0 Å². The lowest BCUT2D eigenvalue weighted by Gasteiger charge is -2.56. The zero-order valence-electron chi connectivity index (χ0n) is 14.7. The lowest BCUT2D eigenvalue weighted by atomic mass is 9.53. The van der Waals surface area contributed by atoms with Crippen LogP contribution in [0, 0.1) is 5.92 Å². The number of ether oxygens (including phenoxy) is 2. The van der Waals surface area contributed by atoms with Crippen LogP contribution in [-0.2, 0) is 21.4 Å². The third-order valence-corrected chi connectivity index (χ3v) is 6.21. The first kappa shape index (κ1) is 18.1. The van der Waals surface area contributed by atoms with Gasteiger partial charge in [0.1, 0.15) is 0 Å². The quantitative estimate of drug-likeness (QED) is 0.872. The molecular weight excluding hydrogens is 342 g/mol. The summed E-state index contributed by atoms with van der Waals surface area (Å²) in [5.74, 6) is 1.32. The zero-order valence-corrected chi connectivity index (χ0v) is 15.6. The van der Waals surface area contributed by atoms with Gasteiger partial charge in [-0.2, -0.15) is 0 Å². The molecule has 0 spiro atoms. The Morgan fingerprint density at radius 2 is 2.04 bits per heavy atom. The summed E-state index contributed by atoms with van der Waals surface area (Å²) in [4.78, 5) is 15.0. The van der Waals surface area contributed by atoms with E-state index < -0.39 is 0 Å². The number of rotatable bonds is 2. The van der Waals surface area contributed by atoms with Gasteiger partial charge in [-0.05, 0) is 44.1 Å². The van der Waals surface area contributed by atoms with Crippen molar-refractivity contribution in [3.63, 3.8) is 0 Å². The highest BCUT2D eigenvalue weighted by Gasteiger charge is 2.56. The highest BCUT2D eigenvalue weighted by molar-refractivity contribution is 5.96. The van der Waals surface area contributed by atoms with Gasteiger partial charge >= 0.3 is 0 Å². The summed E-state index contributed by atoms with van der Waals surface area (Å²) >= 11 is 0. The van der Waals surface area contributed by atoms with Crippen molar-refractivity contribution in [1.82, 2.24) is 4.90 Å². The number of hydrogen-bond donors (Lipinski definition) is 1. The molecule has 3 atom stereocenters. The number of carbonyl (C=O) groups excluding carboxylic acids is 1. The summed E-state index contributed by atoms with van der Waals surface area (Å²) in [7, 11) is 5.25. The molecule has 2 bridgehead atoms. The summed E-state index contributed by atoms with van der Waals surface area (Å²) in [5, 5.41) is 10.9. The lowest BCUT2D eigenvalue weighted by Crippen LogP contribution is -2.60. The number of ketones is 1. The number of nitrogens with zero attached hydrogens (tertiary/aromatic N) is 1. The van der Waals surface area contributed by atoms with E-state index in [4.69, 9.17) is 9.47 Å². The fourth-order valence-electron chi connectivity index (χ4n) is 5.03. The molecule has 1 N–H and O–H groups in total. The molecule has 1 aliphatic heterocycles. The van der Waals surface area contributed by atoms with Gasteiger partial charge in [-0.15, -0.1) is 12.4 Å². The van der Waals surface area contributed by atoms with Crippen molar-refractivity contribution in [2.45, 2.75) is 30.7 Å². The molecule has 0 amide bonds. The Kier molecular flexibility index (Phi) is 4.50. The Bertz CT molecular complexity index is 747. The fourth-order valence-corrected chi connectivity index (χ4v) is 5.03. The fraction of sp³-hybridized carbons (Fsp3) is 0.526. The monoisotopic (exact) mass is 365 g/mol. The van der Waals surface area contributed by atoms with Gasteiger partial charge in [-0.25, -0.2) is 0 Å². The topological polar surface area (TPSA) is 59.0 Å². The predicted molar refractivity (Wildman–Crippen MR) is 96.5 cm³/mol. The molecule has 1 aromatic carbocycles. The molecule has 0 aromatic heterocycles. The zero-order chi connectivity index (χ0) is 17.1. The summed E-state index contributed by atoms with van der Waals surface area (Å²) in [6.45, 7) is 0.917. The Morgan fingerprint density at radius 3 is 2.72 bits per heavy atom. The van der Waals surface area contributed by atoms with Crippen molar-refractivity contribution in [2.75, 3.05) is 27.8 Å². The van der Waals surface area contributed by atoms with E-state index in [2.05, 4.69) is 11.9 Å². The van der Waals surface area contributed by atoms with Crippen LogP contribution in [0.3, 0.4) is 0 Å². The number of piperidine rings is 1. The van der Waals surface area contributed by atoms with Crippen molar-refractivity contribution in [3.05, 3.63) is 35.1 Å². The largest absolute Gasteiger partial charge is 0.504 e. The average molecular weight is 366 g/mol. The smallest absolute Gasteiger partial charge is 0.197 e. The van der Waals surface area contributed by atoms with Crippen LogP contribution in [0.2, 0.25) is 0 Å². The maximum atomic E-state index is 12.6. The number of Topliss-reactive ketones (excluding diaryl/α,β-unsaturated/α-hetero) is 1. The minimum Gasteiger partial charge on any atom is -0.504 e. The van der Waals surface area contributed by atoms with E-state index in [9.17, 15) is 9.90 Å². The summed E-state index contributed by atoms with van der Waals surface area (Å²) in [6, 6.07) is 4.18. The highest BCUT2D eigenvalue weighted by atomic mass is 35.5. The van der Waals surface area contributed by atoms with Crippen LogP contribution in [0.15, 0.2) is 24.0 Å². The number of phenols is 1. The van der Waals surface area contributed by atoms with Gasteiger partial charge in [0.2, 0.25) is 0 Å². The molecule has 5 nitrogen and oxygen atoms in total. The van der Waals surface area contributed by atoms with Gasteiger partial charge in [-0.1, -0.05) is 6.07 Å². The number of hydrogen-bond acceptors (Lipinski definition) is 5. The standard InChI is InChI=1S/C19H23NO4.ClH/c1-20-7-6-19-10-14(21)16(24-3)9-12(19)13(20)8-11-4-5-15(23-2)18(22)17(11)19;/h4-5,9,12-13,22H,6-8,10H2,1-3H3;1H/t12-,13?,19+;/m1./s1. The molecule has 1 fully saturated rings. The number of methoxy groups -OCH3 is 2. The van der Waals surface area contributed by atoms with Gasteiger partial charge in [0.05, 0.1) is 14.2 Å². The number of allylic oxidation sites excluding steroid dienone is 1. The van der Waals surface area contributed by atoms with Crippen molar-refractivity contribution >= 4 is 18.2 Å². The summed E-state index contributed by atoms with van der Waals surface area (Å²) < 4.78 is 10.6. The third-order valence-electron chi connectivity index (χ3n) is 6.21. The number of halogens is 1. The van der Waals surface area contributed by atoms with Crippen LogP contribution in [0.25, 0.3) is 0 Å². The second-order valence-corrected chi connectivity index (χ2v) is 7.17. The molecule has 3 aliphatic rings. The molecule has 0 saturated carbocycles. The van der Waals surface area contributed by atoms with E-state index in [1.807, 2.05) is 18.2 Å². The van der Waals surface area contributed by atoms with E-state index in [-0.39, 0.29) is 35.3 Å². The highest BCUT2D eigenvalue weighted by Crippen LogP contribution is 2.57. The van der Waals surface area contributed by atoms with E-state index in [0.29, 0.717) is 24.0 Å². The Labute approximate surface area is 154 Å². The minimum atomic E-state index is -0.359. The van der Waals surface area contributed by atoms with E-state index >= 15 is 0 Å². The predicted octanol–water partition coefficient (Wildman–Crippen LogP) is 2.44. The lowest BCUT2D eigenvalue weighted by molar-refractivity contribution is -0.122. The second kappa shape index (κ2) is 6.22. The number of phenolic OH excluding ortho intramolecular Hbond substituents is 1. The number of aromatic hydroxyl groups is 1. The maximum absolute atomic E-state index is 12.6. The molecule has 1 saturated heterocycles. The van der Waals surface area contributed by atoms with Crippen molar-refractivity contribution < 1.29 is 19.4 Å². The summed E-state index contributed by atoms with van der Waals surface area (Å²) in [5.41, 5.74) is 1.68. The molecule has 4 rings (SSSR count). The van der Waals surface area contributed by atoms with Crippen molar-refractivity contribution in [2.24, 2.45) is 5.92 Å². The normalized spacial score (nSPS) is 30.5. The van der Waals surface area contributed by atoms with Crippen molar-refractivity contribution in [1.29, 1.82) is 0 Å². The van der Waals surface area contributed by atoms with Gasteiger partial charge in [-0.3, -0.25) is 4.79 Å². The first-order chi connectivity index (χ1) is 11.5. The van der Waals surface area contributed by atoms with Crippen LogP contribution in [0.5, 0.6) is 11.5 Å². The number of likely N-dealkylation sites (N-methyl/N-ethyl adjacent to an activating group) is 1. The second-order valence-electron chi connectivity index (χ2n) is 7.17. The van der Waals surface area contributed by atoms with Crippen LogP contribution in [0.4, 0.5) is 0 Å². The SMILES string of the molecule is COC1=C[C@@H]2C3Cc4ccc(OC)c(O)c4[C@@]2(CCN3C)CC1=O.Cl. The molecule has 1 heterocycles. The Hall–Kier alpha value is -1.72. The number of likely N-dealkylation sites (tertiary alicyclic amines) is 1. The van der Waals surface area contributed by atoms with E-state index in [1.54, 1.807) is 14.2 Å². The first-order valence-electron chi connectivity index (χ1n) is 8.40. The molecular formula is C19H24ClNO4. The number of fused-ring (bicyclic) bond motifs is 1. The third kappa shape index (κ3) is 2.36. The molecule has 0 radical (unpaired) electrons. The van der Waals surface area contributed by atoms with Crippen LogP contribution >= 0.6 is 12.4 Å². The maximum Gasteiger partial charge on any atom is 0.197 e.